The molecule has 2 aromatic heterocycles. The quantitative estimate of drug-likeness (QED) is 0.373. The molecule has 12 heteroatoms. The number of carboxylic acids is 1. The summed E-state index contributed by atoms with van der Waals surface area (Å²) in [7, 11) is 2.08. The van der Waals surface area contributed by atoms with Gasteiger partial charge in [-0.25, -0.2) is 14.8 Å². The molecule has 0 bridgehead atoms. The number of hydrogen-bond acceptors (Lipinski definition) is 10. The van der Waals surface area contributed by atoms with E-state index in [1.54, 1.807) is 12.3 Å². The van der Waals surface area contributed by atoms with Crippen molar-refractivity contribution in [2.45, 2.75) is 12.6 Å². The molecule has 2 N–H and O–H groups in total. The van der Waals surface area contributed by atoms with Crippen LogP contribution >= 0.6 is 0 Å². The Balaban J connectivity index is 1.30. The number of hydrogen-bond donors (Lipinski definition) is 2. The van der Waals surface area contributed by atoms with Gasteiger partial charge in [0.15, 0.2) is 6.04 Å². The number of pyridine rings is 1. The average molecular weight is 561 g/mol. The number of nitrogens with one attached hydrogen (secondary N) is 1. The van der Waals surface area contributed by atoms with E-state index in [0.717, 1.165) is 50.6 Å². The van der Waals surface area contributed by atoms with Gasteiger partial charge >= 0.3 is 5.97 Å². The van der Waals surface area contributed by atoms with Crippen LogP contribution in [0.25, 0.3) is 0 Å². The van der Waals surface area contributed by atoms with Crippen molar-refractivity contribution in [1.82, 2.24) is 25.2 Å². The largest absolute Gasteiger partial charge is 0.480 e. The van der Waals surface area contributed by atoms with E-state index in [0.29, 0.717) is 24.9 Å². The van der Waals surface area contributed by atoms with Crippen molar-refractivity contribution in [3.63, 3.8) is 0 Å². The molecule has 2 fully saturated rings. The molecule has 0 radical (unpaired) electrons. The highest BCUT2D eigenvalue weighted by Crippen LogP contribution is 2.22. The zero-order valence-corrected chi connectivity index (χ0v) is 23.2. The molecule has 0 aliphatic carbocycles. The Labute approximate surface area is 239 Å². The van der Waals surface area contributed by atoms with Crippen LogP contribution in [0, 0.1) is 0 Å². The summed E-state index contributed by atoms with van der Waals surface area (Å²) < 4.78 is 5.62. The predicted molar refractivity (Wildman–Crippen MR) is 155 cm³/mol. The summed E-state index contributed by atoms with van der Waals surface area (Å²) in [5, 5.41) is 12.4. The Morgan fingerprint density at radius 1 is 0.878 bits per heavy atom. The summed E-state index contributed by atoms with van der Waals surface area (Å²) in [6.07, 6.45) is 1.78. The van der Waals surface area contributed by atoms with Gasteiger partial charge < -0.3 is 34.8 Å². The van der Waals surface area contributed by atoms with Gasteiger partial charge in [0.1, 0.15) is 17.3 Å². The van der Waals surface area contributed by atoms with Crippen molar-refractivity contribution in [3.8, 4) is 0 Å². The maximum Gasteiger partial charge on any atom is 0.328 e. The first-order valence-corrected chi connectivity index (χ1v) is 13.8. The molecule has 4 heterocycles. The van der Waals surface area contributed by atoms with Crippen LogP contribution in [-0.2, 0) is 16.1 Å². The summed E-state index contributed by atoms with van der Waals surface area (Å²) >= 11 is 0. The minimum atomic E-state index is -1.22. The van der Waals surface area contributed by atoms with Crippen LogP contribution in [-0.4, -0.2) is 109 Å². The first-order chi connectivity index (χ1) is 20.0. The third kappa shape index (κ3) is 7.47. The highest BCUT2D eigenvalue weighted by Gasteiger charge is 2.27. The van der Waals surface area contributed by atoms with E-state index in [1.807, 2.05) is 48.5 Å². The van der Waals surface area contributed by atoms with Crippen LogP contribution in [0.3, 0.4) is 0 Å². The number of aliphatic carboxylic acids is 1. The molecule has 216 valence electrons. The summed E-state index contributed by atoms with van der Waals surface area (Å²) in [6, 6.07) is 15.8. The summed E-state index contributed by atoms with van der Waals surface area (Å²) in [6.45, 7) is 6.17. The molecule has 2 aliphatic heterocycles. The molecule has 1 amide bonds. The zero-order valence-electron chi connectivity index (χ0n) is 23.2. The van der Waals surface area contributed by atoms with E-state index in [1.165, 1.54) is 0 Å². The van der Waals surface area contributed by atoms with E-state index < -0.39 is 17.9 Å². The van der Waals surface area contributed by atoms with Crippen molar-refractivity contribution in [1.29, 1.82) is 0 Å². The third-order valence-corrected chi connectivity index (χ3v) is 7.30. The molecule has 1 atom stereocenters. The number of carbonyl (C=O) groups excluding carboxylic acids is 1. The lowest BCUT2D eigenvalue weighted by molar-refractivity contribution is -0.141. The Kier molecular flexibility index (Phi) is 9.22. The number of nitrogens with zero attached hydrogens (tertiary/aromatic N) is 7. The lowest BCUT2D eigenvalue weighted by atomic mass is 10.2. The molecule has 3 aromatic rings. The number of ether oxygens (including phenoxy) is 1. The number of anilines is 3. The third-order valence-electron chi connectivity index (χ3n) is 7.30. The fourth-order valence-corrected chi connectivity index (χ4v) is 4.83. The van der Waals surface area contributed by atoms with E-state index in [-0.39, 0.29) is 18.9 Å². The molecule has 0 spiro atoms. The SMILES string of the molecule is CN1CCN(c2cc(C(=O)N[C@@H](COCc3ccccc3)C(=O)O)nc(N3CCN(c4ccccn4)CC3)n2)CC1. The Bertz CT molecular complexity index is 1300. The Morgan fingerprint density at radius 3 is 2.22 bits per heavy atom. The van der Waals surface area contributed by atoms with Gasteiger partial charge in [0.05, 0.1) is 13.2 Å². The highest BCUT2D eigenvalue weighted by molar-refractivity contribution is 5.96. The summed E-state index contributed by atoms with van der Waals surface area (Å²) in [4.78, 5) is 47.9. The number of likely N-dealkylation sites (N-methyl/N-ethyl adjacent to an activating group) is 1. The number of rotatable bonds is 10. The number of carbonyl (C=O) groups is 2. The second kappa shape index (κ2) is 13.4. The summed E-state index contributed by atoms with van der Waals surface area (Å²) in [5.74, 6) is 0.290. The van der Waals surface area contributed by atoms with Crippen molar-refractivity contribution in [2.75, 3.05) is 80.7 Å². The molecule has 0 saturated carbocycles. The van der Waals surface area contributed by atoms with Crippen LogP contribution in [0.4, 0.5) is 17.6 Å². The summed E-state index contributed by atoms with van der Waals surface area (Å²) in [5.41, 5.74) is 1.05. The molecule has 41 heavy (non-hydrogen) atoms. The lowest BCUT2D eigenvalue weighted by Gasteiger charge is -2.36. The van der Waals surface area contributed by atoms with Gasteiger partial charge in [-0.05, 0) is 24.7 Å². The zero-order chi connectivity index (χ0) is 28.6. The minimum absolute atomic E-state index is 0.130. The van der Waals surface area contributed by atoms with Crippen LogP contribution in [0.1, 0.15) is 16.1 Å². The van der Waals surface area contributed by atoms with Crippen LogP contribution in [0.5, 0.6) is 0 Å². The van der Waals surface area contributed by atoms with Crippen molar-refractivity contribution < 1.29 is 19.4 Å². The fourth-order valence-electron chi connectivity index (χ4n) is 4.83. The first kappa shape index (κ1) is 28.2. The first-order valence-electron chi connectivity index (χ1n) is 13.8. The maximum absolute atomic E-state index is 13.4. The number of aromatic nitrogens is 3. The predicted octanol–water partition coefficient (Wildman–Crippen LogP) is 1.35. The highest BCUT2D eigenvalue weighted by atomic mass is 16.5. The van der Waals surface area contributed by atoms with Gasteiger partial charge in [-0.15, -0.1) is 0 Å². The van der Waals surface area contributed by atoms with Gasteiger partial charge in [0.2, 0.25) is 5.95 Å². The van der Waals surface area contributed by atoms with Gasteiger partial charge in [-0.2, -0.15) is 4.98 Å². The molecule has 2 saturated heterocycles. The number of amides is 1. The van der Waals surface area contributed by atoms with Gasteiger partial charge in [-0.3, -0.25) is 4.79 Å². The normalized spacial score (nSPS) is 16.9. The second-order valence-electron chi connectivity index (χ2n) is 10.2. The monoisotopic (exact) mass is 560 g/mol. The lowest BCUT2D eigenvalue weighted by Crippen LogP contribution is -2.48. The molecule has 1 aromatic carbocycles. The van der Waals surface area contributed by atoms with Crippen LogP contribution in [0.2, 0.25) is 0 Å². The molecule has 12 nitrogen and oxygen atoms in total. The van der Waals surface area contributed by atoms with E-state index in [9.17, 15) is 14.7 Å². The number of benzene rings is 1. The average Bonchev–Trinajstić information content (AvgIpc) is 3.01. The van der Waals surface area contributed by atoms with Crippen LogP contribution in [0.15, 0.2) is 60.8 Å². The molecular formula is C29H36N8O4. The van der Waals surface area contributed by atoms with E-state index in [4.69, 9.17) is 9.72 Å². The molecule has 0 unspecified atom stereocenters. The number of piperazine rings is 2. The van der Waals surface area contributed by atoms with E-state index in [2.05, 4.69) is 41.9 Å². The van der Waals surface area contributed by atoms with Gasteiger partial charge in [0.25, 0.3) is 5.91 Å². The smallest absolute Gasteiger partial charge is 0.328 e. The molecule has 2 aliphatic rings. The minimum Gasteiger partial charge on any atom is -0.480 e. The second-order valence-corrected chi connectivity index (χ2v) is 10.2. The van der Waals surface area contributed by atoms with Crippen LogP contribution < -0.4 is 20.0 Å². The topological polar surface area (TPSA) is 127 Å². The van der Waals surface area contributed by atoms with Crippen molar-refractivity contribution >= 4 is 29.5 Å². The fraction of sp³-hybridized carbons (Fsp3) is 0.414. The molecule has 5 rings (SSSR count). The Morgan fingerprint density at radius 2 is 1.54 bits per heavy atom. The van der Waals surface area contributed by atoms with Gasteiger partial charge in [-0.1, -0.05) is 36.4 Å². The van der Waals surface area contributed by atoms with Gasteiger partial charge in [0, 0.05) is 64.6 Å². The standard InChI is InChI=1S/C29H36N8O4/c1-34-11-13-36(14-12-34)26-19-23(27(38)31-24(28(39)40)21-41-20-22-7-3-2-4-8-22)32-29(33-26)37-17-15-35(16-18-37)25-9-5-6-10-30-25/h2-10,19,24H,11-18,20-21H2,1H3,(H,31,38)(H,39,40)/t24-/m0/s1. The maximum atomic E-state index is 13.4. The van der Waals surface area contributed by atoms with Crippen molar-refractivity contribution in [3.05, 3.63) is 72.1 Å². The molecular weight excluding hydrogens is 524 g/mol. The number of carboxylic acid groups (broad SMARTS) is 1. The Hall–Kier alpha value is -4.29. The van der Waals surface area contributed by atoms with Crippen molar-refractivity contribution in [2.24, 2.45) is 0 Å². The van der Waals surface area contributed by atoms with E-state index >= 15 is 0 Å².